The van der Waals surface area contributed by atoms with Crippen molar-refractivity contribution in [1.82, 2.24) is 0 Å². The molecule has 0 saturated carbocycles. The van der Waals surface area contributed by atoms with Gasteiger partial charge in [-0.05, 0) is 19.1 Å². The molecule has 0 amide bonds. The second-order valence-electron chi connectivity index (χ2n) is 2.57. The van der Waals surface area contributed by atoms with Crippen LogP contribution in [0, 0.1) is 0 Å². The van der Waals surface area contributed by atoms with Gasteiger partial charge in [-0.1, -0.05) is 36.4 Å². The van der Waals surface area contributed by atoms with Crippen molar-refractivity contribution in [3.05, 3.63) is 47.5 Å². The molecule has 1 rings (SSSR count). The Hall–Kier alpha value is -1.28. The molecular weight excluding hydrogens is 200 g/mol. The SMILES string of the molecule is C=C(C)C(=O)OC.Clc1ccccc1. The summed E-state index contributed by atoms with van der Waals surface area (Å²) >= 11 is 5.54. The molecule has 0 radical (unpaired) electrons. The molecule has 0 N–H and O–H groups in total. The number of carbonyl (C=O) groups is 1. The van der Waals surface area contributed by atoms with Crippen LogP contribution < -0.4 is 0 Å². The van der Waals surface area contributed by atoms with Gasteiger partial charge in [-0.3, -0.25) is 0 Å². The average Bonchev–Trinajstić information content (AvgIpc) is 2.18. The van der Waals surface area contributed by atoms with Crippen LogP contribution in [0.15, 0.2) is 42.5 Å². The fraction of sp³-hybridized carbons (Fsp3) is 0.182. The maximum atomic E-state index is 10.2. The Morgan fingerprint density at radius 2 is 1.86 bits per heavy atom. The van der Waals surface area contributed by atoms with Crippen LogP contribution in [-0.2, 0) is 9.53 Å². The van der Waals surface area contributed by atoms with Crippen molar-refractivity contribution >= 4 is 17.6 Å². The molecule has 2 nitrogen and oxygen atoms in total. The lowest BCUT2D eigenvalue weighted by molar-refractivity contribution is -0.136. The summed E-state index contributed by atoms with van der Waals surface area (Å²) < 4.78 is 4.27. The molecule has 0 bridgehead atoms. The van der Waals surface area contributed by atoms with Crippen molar-refractivity contribution in [3.63, 3.8) is 0 Å². The van der Waals surface area contributed by atoms with E-state index >= 15 is 0 Å². The molecule has 0 aliphatic carbocycles. The lowest BCUT2D eigenvalue weighted by atomic mass is 10.4. The van der Waals surface area contributed by atoms with Crippen LogP contribution >= 0.6 is 11.6 Å². The molecule has 0 fully saturated rings. The van der Waals surface area contributed by atoms with Crippen LogP contribution in [0.4, 0.5) is 0 Å². The molecule has 0 spiro atoms. The van der Waals surface area contributed by atoms with Crippen LogP contribution in [-0.4, -0.2) is 13.1 Å². The van der Waals surface area contributed by atoms with E-state index in [0.717, 1.165) is 5.02 Å². The molecule has 76 valence electrons. The summed E-state index contributed by atoms with van der Waals surface area (Å²) in [7, 11) is 1.33. The number of halogens is 1. The zero-order chi connectivity index (χ0) is 11.0. The number of rotatable bonds is 1. The third-order valence-electron chi connectivity index (χ3n) is 1.27. The summed E-state index contributed by atoms with van der Waals surface area (Å²) in [6.45, 7) is 4.95. The van der Waals surface area contributed by atoms with E-state index in [9.17, 15) is 4.79 Å². The Morgan fingerprint density at radius 3 is 2.00 bits per heavy atom. The van der Waals surface area contributed by atoms with E-state index in [1.807, 2.05) is 30.3 Å². The van der Waals surface area contributed by atoms with E-state index in [-0.39, 0.29) is 5.97 Å². The Kier molecular flexibility index (Phi) is 6.50. The van der Waals surface area contributed by atoms with Crippen molar-refractivity contribution < 1.29 is 9.53 Å². The third-order valence-corrected chi connectivity index (χ3v) is 1.52. The van der Waals surface area contributed by atoms with Crippen LogP contribution in [0.25, 0.3) is 0 Å². The standard InChI is InChI=1S/C6H5Cl.C5H8O2/c7-6-4-2-1-3-5-6;1-4(2)5(6)7-3/h1-5H;1H2,2-3H3. The first kappa shape index (κ1) is 12.7. The molecule has 0 aromatic heterocycles. The predicted octanol–water partition coefficient (Wildman–Crippen LogP) is 3.08. The van der Waals surface area contributed by atoms with Gasteiger partial charge in [-0.25, -0.2) is 4.79 Å². The minimum atomic E-state index is -0.347. The highest BCUT2D eigenvalue weighted by Gasteiger charge is 1.95. The van der Waals surface area contributed by atoms with E-state index in [4.69, 9.17) is 11.6 Å². The fourth-order valence-corrected chi connectivity index (χ4v) is 0.734. The second kappa shape index (κ2) is 7.15. The van der Waals surface area contributed by atoms with E-state index < -0.39 is 0 Å². The molecule has 1 aromatic rings. The van der Waals surface area contributed by atoms with Gasteiger partial charge in [0.2, 0.25) is 0 Å². The normalized spacial score (nSPS) is 8.21. The van der Waals surface area contributed by atoms with E-state index in [1.165, 1.54) is 7.11 Å². The summed E-state index contributed by atoms with van der Waals surface area (Å²) in [5, 5.41) is 0.794. The second-order valence-corrected chi connectivity index (χ2v) is 3.00. The van der Waals surface area contributed by atoms with Gasteiger partial charge in [-0.15, -0.1) is 0 Å². The Labute approximate surface area is 89.2 Å². The number of benzene rings is 1. The highest BCUT2D eigenvalue weighted by molar-refractivity contribution is 6.30. The molecular formula is C11H13ClO2. The first-order valence-corrected chi connectivity index (χ1v) is 4.40. The number of hydrogen-bond acceptors (Lipinski definition) is 2. The van der Waals surface area contributed by atoms with Crippen molar-refractivity contribution in [2.24, 2.45) is 0 Å². The van der Waals surface area contributed by atoms with Crippen molar-refractivity contribution in [3.8, 4) is 0 Å². The highest BCUT2D eigenvalue weighted by atomic mass is 35.5. The summed E-state index contributed by atoms with van der Waals surface area (Å²) in [4.78, 5) is 10.2. The Balaban J connectivity index is 0.000000241. The van der Waals surface area contributed by atoms with E-state index in [2.05, 4.69) is 11.3 Å². The first-order chi connectivity index (χ1) is 6.57. The molecule has 0 unspecified atom stereocenters. The number of esters is 1. The number of carbonyl (C=O) groups excluding carboxylic acids is 1. The first-order valence-electron chi connectivity index (χ1n) is 4.02. The van der Waals surface area contributed by atoms with E-state index in [0.29, 0.717) is 5.57 Å². The van der Waals surface area contributed by atoms with Gasteiger partial charge < -0.3 is 4.74 Å². The summed E-state index contributed by atoms with van der Waals surface area (Å²) in [5.41, 5.74) is 0.433. The quantitative estimate of drug-likeness (QED) is 0.528. The molecule has 0 heterocycles. The molecule has 0 aliphatic rings. The van der Waals surface area contributed by atoms with Gasteiger partial charge in [-0.2, -0.15) is 0 Å². The molecule has 0 atom stereocenters. The van der Waals surface area contributed by atoms with E-state index in [1.54, 1.807) is 6.92 Å². The minimum absolute atomic E-state index is 0.347. The van der Waals surface area contributed by atoms with Crippen LogP contribution in [0.3, 0.4) is 0 Å². The predicted molar refractivity (Wildman–Crippen MR) is 58.3 cm³/mol. The van der Waals surface area contributed by atoms with Gasteiger partial charge >= 0.3 is 5.97 Å². The van der Waals surface area contributed by atoms with Gasteiger partial charge in [0.15, 0.2) is 0 Å². The number of methoxy groups -OCH3 is 1. The summed E-state index contributed by atoms with van der Waals surface area (Å²) in [6.07, 6.45) is 0. The lowest BCUT2D eigenvalue weighted by Crippen LogP contribution is -1.98. The van der Waals surface area contributed by atoms with Crippen molar-refractivity contribution in [1.29, 1.82) is 0 Å². The minimum Gasteiger partial charge on any atom is -0.466 e. The maximum absolute atomic E-state index is 10.2. The van der Waals surface area contributed by atoms with Gasteiger partial charge in [0, 0.05) is 10.6 Å². The molecule has 14 heavy (non-hydrogen) atoms. The molecule has 0 aliphatic heterocycles. The Bertz CT molecular complexity index is 293. The van der Waals surface area contributed by atoms with Crippen LogP contribution in [0.1, 0.15) is 6.92 Å². The van der Waals surface area contributed by atoms with Crippen molar-refractivity contribution in [2.45, 2.75) is 6.92 Å². The monoisotopic (exact) mass is 212 g/mol. The number of hydrogen-bond donors (Lipinski definition) is 0. The topological polar surface area (TPSA) is 26.3 Å². The summed E-state index contributed by atoms with van der Waals surface area (Å²) in [5.74, 6) is -0.347. The zero-order valence-electron chi connectivity index (χ0n) is 8.29. The lowest BCUT2D eigenvalue weighted by Gasteiger charge is -1.91. The Morgan fingerprint density at radius 1 is 1.36 bits per heavy atom. The van der Waals surface area contributed by atoms with Gasteiger partial charge in [0.05, 0.1) is 7.11 Å². The largest absolute Gasteiger partial charge is 0.466 e. The maximum Gasteiger partial charge on any atom is 0.332 e. The average molecular weight is 213 g/mol. The van der Waals surface area contributed by atoms with Crippen molar-refractivity contribution in [2.75, 3.05) is 7.11 Å². The smallest absolute Gasteiger partial charge is 0.332 e. The molecule has 0 saturated heterocycles. The van der Waals surface area contributed by atoms with Crippen LogP contribution in [0.5, 0.6) is 0 Å². The molecule has 3 heteroatoms. The van der Waals surface area contributed by atoms with Gasteiger partial charge in [0.1, 0.15) is 0 Å². The zero-order valence-corrected chi connectivity index (χ0v) is 9.04. The highest BCUT2D eigenvalue weighted by Crippen LogP contribution is 2.03. The number of ether oxygens (including phenoxy) is 1. The molecule has 1 aromatic carbocycles. The third kappa shape index (κ3) is 6.26. The fourth-order valence-electron chi connectivity index (χ4n) is 0.589. The van der Waals surface area contributed by atoms with Gasteiger partial charge in [0.25, 0.3) is 0 Å². The summed E-state index contributed by atoms with van der Waals surface area (Å²) in [6, 6.07) is 9.44. The van der Waals surface area contributed by atoms with Crippen LogP contribution in [0.2, 0.25) is 5.02 Å².